The minimum absolute atomic E-state index is 0.125. The zero-order valence-corrected chi connectivity index (χ0v) is 10.6. The summed E-state index contributed by atoms with van der Waals surface area (Å²) in [6.07, 6.45) is 2.39. The van der Waals surface area contributed by atoms with Gasteiger partial charge in [0.05, 0.1) is 17.6 Å². The van der Waals surface area contributed by atoms with Gasteiger partial charge in [-0.15, -0.1) is 0 Å². The van der Waals surface area contributed by atoms with Gasteiger partial charge < -0.3 is 19.1 Å². The predicted molar refractivity (Wildman–Crippen MR) is 69.8 cm³/mol. The van der Waals surface area contributed by atoms with Crippen molar-refractivity contribution in [2.45, 2.75) is 25.3 Å². The lowest BCUT2D eigenvalue weighted by atomic mass is 10.2. The maximum absolute atomic E-state index is 9.26. The zero-order valence-electron chi connectivity index (χ0n) is 10.6. The molecule has 0 amide bonds. The first kappa shape index (κ1) is 11.1. The standard InChI is InChI=1S/C14H16N2O3/c17-4-3-16-11-8-13-12(18-5-6-19-13)7-10(11)15-14(16)9-1-2-9/h7-9,17H,1-6H2. The quantitative estimate of drug-likeness (QED) is 0.912. The van der Waals surface area contributed by atoms with E-state index >= 15 is 0 Å². The van der Waals surface area contributed by atoms with Crippen LogP contribution < -0.4 is 9.47 Å². The van der Waals surface area contributed by atoms with Crippen LogP contribution in [0.15, 0.2) is 12.1 Å². The van der Waals surface area contributed by atoms with Crippen LogP contribution in [0.3, 0.4) is 0 Å². The second-order valence-electron chi connectivity index (χ2n) is 5.10. The molecule has 1 aromatic heterocycles. The van der Waals surface area contributed by atoms with Crippen LogP contribution in [-0.2, 0) is 6.54 Å². The van der Waals surface area contributed by atoms with Crippen molar-refractivity contribution >= 4 is 11.0 Å². The van der Waals surface area contributed by atoms with Gasteiger partial charge in [0.1, 0.15) is 19.0 Å². The van der Waals surface area contributed by atoms with E-state index < -0.39 is 0 Å². The molecule has 1 aliphatic carbocycles. The Balaban J connectivity index is 1.91. The van der Waals surface area contributed by atoms with Crippen LogP contribution in [0.2, 0.25) is 0 Å². The third-order valence-corrected chi connectivity index (χ3v) is 3.71. The molecule has 1 aromatic carbocycles. The van der Waals surface area contributed by atoms with Crippen molar-refractivity contribution in [1.29, 1.82) is 0 Å². The van der Waals surface area contributed by atoms with Gasteiger partial charge in [-0.1, -0.05) is 0 Å². The van der Waals surface area contributed by atoms with Crippen LogP contribution in [0.5, 0.6) is 11.5 Å². The Morgan fingerprint density at radius 1 is 1.21 bits per heavy atom. The number of nitrogens with zero attached hydrogens (tertiary/aromatic N) is 2. The number of aromatic nitrogens is 2. The van der Waals surface area contributed by atoms with Crippen LogP contribution in [0.1, 0.15) is 24.6 Å². The van der Waals surface area contributed by atoms with Crippen LogP contribution in [0, 0.1) is 0 Å². The van der Waals surface area contributed by atoms with E-state index in [1.165, 1.54) is 12.8 Å². The Kier molecular flexibility index (Phi) is 2.41. The van der Waals surface area contributed by atoms with Gasteiger partial charge >= 0.3 is 0 Å². The van der Waals surface area contributed by atoms with E-state index in [9.17, 15) is 5.11 Å². The summed E-state index contributed by atoms with van der Waals surface area (Å²) in [4.78, 5) is 4.72. The van der Waals surface area contributed by atoms with Crippen molar-refractivity contribution in [1.82, 2.24) is 9.55 Å². The molecule has 0 atom stereocenters. The largest absolute Gasteiger partial charge is 0.486 e. The molecular formula is C14H16N2O3. The summed E-state index contributed by atoms with van der Waals surface area (Å²) < 4.78 is 13.3. The maximum Gasteiger partial charge on any atom is 0.163 e. The first-order chi connectivity index (χ1) is 9.36. The van der Waals surface area contributed by atoms with Crippen molar-refractivity contribution in [3.63, 3.8) is 0 Å². The third kappa shape index (κ3) is 1.76. The highest BCUT2D eigenvalue weighted by Crippen LogP contribution is 2.42. The molecule has 2 aromatic rings. The highest BCUT2D eigenvalue weighted by molar-refractivity contribution is 5.81. The van der Waals surface area contributed by atoms with E-state index in [0.29, 0.717) is 25.7 Å². The molecule has 0 bridgehead atoms. The lowest BCUT2D eigenvalue weighted by Crippen LogP contribution is -2.15. The molecule has 1 fully saturated rings. The van der Waals surface area contributed by atoms with Gasteiger partial charge in [-0.05, 0) is 12.8 Å². The average molecular weight is 260 g/mol. The molecule has 100 valence electrons. The van der Waals surface area contributed by atoms with E-state index in [2.05, 4.69) is 4.57 Å². The lowest BCUT2D eigenvalue weighted by Gasteiger charge is -2.18. The summed E-state index contributed by atoms with van der Waals surface area (Å²) in [5.41, 5.74) is 1.96. The topological polar surface area (TPSA) is 56.5 Å². The smallest absolute Gasteiger partial charge is 0.163 e. The maximum atomic E-state index is 9.26. The molecule has 4 rings (SSSR count). The Labute approximate surface area is 110 Å². The van der Waals surface area contributed by atoms with E-state index in [-0.39, 0.29) is 6.61 Å². The summed E-state index contributed by atoms with van der Waals surface area (Å²) in [6.45, 7) is 1.88. The number of aliphatic hydroxyl groups excluding tert-OH is 1. The van der Waals surface area contributed by atoms with E-state index in [0.717, 1.165) is 28.4 Å². The molecule has 0 unspecified atom stereocenters. The number of hydrogen-bond acceptors (Lipinski definition) is 4. The Bertz CT molecular complexity index is 631. The lowest BCUT2D eigenvalue weighted by molar-refractivity contribution is 0.172. The molecule has 1 aliphatic heterocycles. The molecule has 5 heteroatoms. The fourth-order valence-corrected chi connectivity index (χ4v) is 2.67. The molecule has 0 saturated heterocycles. The van der Waals surface area contributed by atoms with Crippen LogP contribution >= 0.6 is 0 Å². The summed E-state index contributed by atoms with van der Waals surface area (Å²) in [5.74, 6) is 3.19. The van der Waals surface area contributed by atoms with E-state index in [4.69, 9.17) is 14.5 Å². The monoisotopic (exact) mass is 260 g/mol. The first-order valence-electron chi connectivity index (χ1n) is 6.77. The van der Waals surface area contributed by atoms with Gasteiger partial charge in [-0.2, -0.15) is 0 Å². The predicted octanol–water partition coefficient (Wildman–Crippen LogP) is 1.68. The minimum Gasteiger partial charge on any atom is -0.486 e. The second-order valence-corrected chi connectivity index (χ2v) is 5.10. The number of hydrogen-bond donors (Lipinski definition) is 1. The summed E-state index contributed by atoms with van der Waals surface area (Å²) in [5, 5.41) is 9.26. The Morgan fingerprint density at radius 3 is 2.63 bits per heavy atom. The molecule has 1 saturated carbocycles. The molecular weight excluding hydrogens is 244 g/mol. The first-order valence-corrected chi connectivity index (χ1v) is 6.77. The number of ether oxygens (including phenoxy) is 2. The van der Waals surface area contributed by atoms with Crippen molar-refractivity contribution in [2.24, 2.45) is 0 Å². The second kappa shape index (κ2) is 4.13. The van der Waals surface area contributed by atoms with Crippen LogP contribution in [0.4, 0.5) is 0 Å². The average Bonchev–Trinajstić information content (AvgIpc) is 3.22. The van der Waals surface area contributed by atoms with Gasteiger partial charge in [0.2, 0.25) is 0 Å². The highest BCUT2D eigenvalue weighted by Gasteiger charge is 2.30. The Hall–Kier alpha value is -1.75. The normalized spacial score (nSPS) is 17.9. The zero-order chi connectivity index (χ0) is 12.8. The van der Waals surface area contributed by atoms with E-state index in [1.54, 1.807) is 0 Å². The molecule has 1 N–H and O–H groups in total. The van der Waals surface area contributed by atoms with Gasteiger partial charge in [-0.25, -0.2) is 4.98 Å². The van der Waals surface area contributed by atoms with Crippen molar-refractivity contribution < 1.29 is 14.6 Å². The third-order valence-electron chi connectivity index (χ3n) is 3.71. The number of imidazole rings is 1. The number of rotatable bonds is 3. The van der Waals surface area contributed by atoms with E-state index in [1.807, 2.05) is 12.1 Å². The van der Waals surface area contributed by atoms with Gasteiger partial charge in [0.25, 0.3) is 0 Å². The van der Waals surface area contributed by atoms with Gasteiger partial charge in [0.15, 0.2) is 11.5 Å². The number of benzene rings is 1. The number of fused-ring (bicyclic) bond motifs is 2. The molecule has 2 heterocycles. The highest BCUT2D eigenvalue weighted by atomic mass is 16.6. The minimum atomic E-state index is 0.125. The van der Waals surface area contributed by atoms with Crippen molar-refractivity contribution in [3.8, 4) is 11.5 Å². The summed E-state index contributed by atoms with van der Waals surface area (Å²) in [7, 11) is 0. The molecule has 2 aliphatic rings. The SMILES string of the molecule is OCCn1c(C2CC2)nc2cc3c(cc21)OCCO3. The molecule has 19 heavy (non-hydrogen) atoms. The fourth-order valence-electron chi connectivity index (χ4n) is 2.67. The van der Waals surface area contributed by atoms with Gasteiger partial charge in [0, 0.05) is 24.6 Å². The Morgan fingerprint density at radius 2 is 1.95 bits per heavy atom. The summed E-state index contributed by atoms with van der Waals surface area (Å²) in [6, 6.07) is 3.93. The van der Waals surface area contributed by atoms with Crippen LogP contribution in [0.25, 0.3) is 11.0 Å². The molecule has 5 nitrogen and oxygen atoms in total. The van der Waals surface area contributed by atoms with Crippen LogP contribution in [-0.4, -0.2) is 34.5 Å². The number of aliphatic hydroxyl groups is 1. The molecule has 0 radical (unpaired) electrons. The van der Waals surface area contributed by atoms with Crippen molar-refractivity contribution in [3.05, 3.63) is 18.0 Å². The van der Waals surface area contributed by atoms with Gasteiger partial charge in [-0.3, -0.25) is 0 Å². The fraction of sp³-hybridized carbons (Fsp3) is 0.500. The summed E-state index contributed by atoms with van der Waals surface area (Å²) >= 11 is 0. The van der Waals surface area contributed by atoms with Crippen molar-refractivity contribution in [2.75, 3.05) is 19.8 Å². The molecule has 0 spiro atoms.